The minimum Gasteiger partial charge on any atom is -0.336 e. The van der Waals surface area contributed by atoms with Crippen LogP contribution in [-0.4, -0.2) is 22.7 Å². The molecular weight excluding hydrogens is 456 g/mol. The molecule has 5 atom stereocenters. The van der Waals surface area contributed by atoms with E-state index in [9.17, 15) is 14.9 Å². The van der Waals surface area contributed by atoms with Crippen molar-refractivity contribution in [2.24, 2.45) is 34.3 Å². The summed E-state index contributed by atoms with van der Waals surface area (Å²) in [6.07, 6.45) is 6.33. The predicted octanol–water partition coefficient (Wildman–Crippen LogP) is 4.08. The zero-order valence-corrected chi connectivity index (χ0v) is 20.4. The number of aromatic nitrogens is 1. The Bertz CT molecular complexity index is 957. The van der Waals surface area contributed by atoms with Crippen LogP contribution in [0.2, 0.25) is 0 Å². The number of ketones is 1. The topological polar surface area (TPSA) is 109 Å². The van der Waals surface area contributed by atoms with Crippen molar-refractivity contribution in [2.75, 3.05) is 0 Å². The van der Waals surface area contributed by atoms with Gasteiger partial charge in [0.15, 0.2) is 5.78 Å². The fourth-order valence-electron chi connectivity index (χ4n) is 4.83. The van der Waals surface area contributed by atoms with Gasteiger partial charge in [0.05, 0.1) is 12.1 Å². The van der Waals surface area contributed by atoms with Gasteiger partial charge in [0.1, 0.15) is 6.04 Å². The average Bonchev–Trinajstić information content (AvgIpc) is 3.31. The number of nitriles is 1. The van der Waals surface area contributed by atoms with Gasteiger partial charge in [-0.3, -0.25) is 14.6 Å². The molecule has 1 aromatic heterocycles. The van der Waals surface area contributed by atoms with Gasteiger partial charge in [-0.15, -0.1) is 0 Å². The van der Waals surface area contributed by atoms with Crippen molar-refractivity contribution < 1.29 is 9.59 Å². The lowest BCUT2D eigenvalue weighted by Gasteiger charge is -2.28. The number of nitrogens with two attached hydrogens (primary N) is 1. The van der Waals surface area contributed by atoms with E-state index >= 15 is 0 Å². The number of fused-ring (bicyclic) bond motifs is 1. The second-order valence-corrected chi connectivity index (χ2v) is 11.4. The molecule has 0 spiro atoms. The minimum absolute atomic E-state index is 0.0265. The van der Waals surface area contributed by atoms with Gasteiger partial charge in [-0.25, -0.2) is 0 Å². The highest BCUT2D eigenvalue weighted by atomic mass is 79.9. The second-order valence-electron chi connectivity index (χ2n) is 10.4. The Kier molecular flexibility index (Phi) is 6.46. The second kappa shape index (κ2) is 8.48. The number of amides is 1. The number of nitrogens with zero attached hydrogens (tertiary/aromatic N) is 2. The van der Waals surface area contributed by atoms with Crippen molar-refractivity contribution in [3.63, 3.8) is 0 Å². The van der Waals surface area contributed by atoms with Gasteiger partial charge in [-0.2, -0.15) is 5.26 Å². The van der Waals surface area contributed by atoms with Gasteiger partial charge in [0.2, 0.25) is 5.91 Å². The van der Waals surface area contributed by atoms with Crippen LogP contribution >= 0.6 is 15.9 Å². The Balaban J connectivity index is 1.84. The van der Waals surface area contributed by atoms with Crippen LogP contribution in [0, 0.1) is 39.9 Å². The molecule has 0 bridgehead atoms. The molecule has 1 fully saturated rings. The van der Waals surface area contributed by atoms with Crippen molar-refractivity contribution >= 4 is 27.6 Å². The van der Waals surface area contributed by atoms with Crippen LogP contribution in [-0.2, 0) is 9.59 Å². The summed E-state index contributed by atoms with van der Waals surface area (Å²) in [4.78, 5) is 30.6. The first-order valence-corrected chi connectivity index (χ1v) is 11.5. The highest BCUT2D eigenvalue weighted by Crippen LogP contribution is 2.65. The molecule has 1 saturated carbocycles. The number of allylic oxidation sites excluding steroid dienone is 1. The largest absolute Gasteiger partial charge is 0.336 e. The molecule has 3 N–H and O–H groups in total. The zero-order valence-electron chi connectivity index (χ0n) is 18.8. The summed E-state index contributed by atoms with van der Waals surface area (Å²) in [5.41, 5.74) is 7.17. The lowest BCUT2D eigenvalue weighted by molar-refractivity contribution is -0.126. The molecule has 1 amide bonds. The van der Waals surface area contributed by atoms with Crippen LogP contribution < -0.4 is 11.1 Å². The van der Waals surface area contributed by atoms with Crippen molar-refractivity contribution in [1.29, 1.82) is 5.26 Å². The third-order valence-electron chi connectivity index (χ3n) is 6.97. The summed E-state index contributed by atoms with van der Waals surface area (Å²) in [7, 11) is 0. The van der Waals surface area contributed by atoms with Gasteiger partial charge < -0.3 is 11.1 Å². The Morgan fingerprint density at radius 3 is 2.61 bits per heavy atom. The molecule has 1 aromatic rings. The molecule has 1 unspecified atom stereocenters. The molecule has 1 heterocycles. The van der Waals surface area contributed by atoms with Gasteiger partial charge in [-0.1, -0.05) is 40.7 Å². The van der Waals surface area contributed by atoms with Gasteiger partial charge in [-0.05, 0) is 63.1 Å². The monoisotopic (exact) mass is 486 g/mol. The van der Waals surface area contributed by atoms with E-state index in [-0.39, 0.29) is 34.4 Å². The molecule has 0 radical (unpaired) electrons. The highest BCUT2D eigenvalue weighted by molar-refractivity contribution is 9.10. The van der Waals surface area contributed by atoms with E-state index in [1.54, 1.807) is 18.5 Å². The Hall–Kier alpha value is -2.04. The van der Waals surface area contributed by atoms with Crippen LogP contribution in [0.4, 0.5) is 0 Å². The molecular formula is C24H31BrN4O2. The van der Waals surface area contributed by atoms with Crippen molar-refractivity contribution in [3.8, 4) is 6.07 Å². The molecule has 2 aliphatic rings. The van der Waals surface area contributed by atoms with Gasteiger partial charge in [0, 0.05) is 28.3 Å². The van der Waals surface area contributed by atoms with E-state index < -0.39 is 12.1 Å². The molecule has 7 heteroatoms. The number of hydrogen-bond acceptors (Lipinski definition) is 5. The van der Waals surface area contributed by atoms with Gasteiger partial charge in [0.25, 0.3) is 0 Å². The Morgan fingerprint density at radius 2 is 2.03 bits per heavy atom. The highest BCUT2D eigenvalue weighted by Gasteiger charge is 2.62. The summed E-state index contributed by atoms with van der Waals surface area (Å²) >= 11 is 3.36. The molecule has 6 nitrogen and oxygen atoms in total. The first-order valence-electron chi connectivity index (χ1n) is 10.7. The Morgan fingerprint density at radius 1 is 1.35 bits per heavy atom. The van der Waals surface area contributed by atoms with Crippen molar-refractivity contribution in [2.45, 2.75) is 59.5 Å². The summed E-state index contributed by atoms with van der Waals surface area (Å²) < 4.78 is 0.740. The number of pyridine rings is 1. The minimum atomic E-state index is -0.805. The van der Waals surface area contributed by atoms with E-state index in [0.29, 0.717) is 23.5 Å². The number of nitrogens with one attached hydrogen (secondary N) is 1. The molecule has 31 heavy (non-hydrogen) atoms. The quantitative estimate of drug-likeness (QED) is 0.651. The smallest absolute Gasteiger partial charge is 0.225 e. The third-order valence-corrected chi connectivity index (χ3v) is 7.41. The molecule has 3 rings (SSSR count). The van der Waals surface area contributed by atoms with Crippen LogP contribution in [0.3, 0.4) is 0 Å². The molecule has 166 valence electrons. The number of hydrogen-bond donors (Lipinski definition) is 2. The fourth-order valence-corrected chi connectivity index (χ4v) is 5.21. The average molecular weight is 487 g/mol. The number of Topliss-reactive ketones (excluding diaryl/α,β-unsaturated/α-hetero) is 1. The number of rotatable bonds is 5. The first-order chi connectivity index (χ1) is 14.4. The lowest BCUT2D eigenvalue weighted by Crippen LogP contribution is -2.44. The normalized spacial score (nSPS) is 26.4. The summed E-state index contributed by atoms with van der Waals surface area (Å²) in [5.74, 6) is -0.150. The number of carbonyl (C=O) groups excluding carboxylic acids is 2. The van der Waals surface area contributed by atoms with Crippen LogP contribution in [0.25, 0.3) is 0 Å². The molecule has 0 aliphatic heterocycles. The first kappa shape index (κ1) is 23.6. The predicted molar refractivity (Wildman–Crippen MR) is 122 cm³/mol. The maximum Gasteiger partial charge on any atom is 0.225 e. The SMILES string of the molecule is CC(C)(C)[C@H](N)C(=O)C1=CC[C@H]2[C@@H]([C@@H](C(=O)NC(C#N)c3cncc(Br)c3)C1)C2(C)C. The van der Waals surface area contributed by atoms with Crippen LogP contribution in [0.5, 0.6) is 0 Å². The van der Waals surface area contributed by atoms with Crippen LogP contribution in [0.1, 0.15) is 59.1 Å². The summed E-state index contributed by atoms with van der Waals surface area (Å²) in [6, 6.07) is 2.51. The number of halogens is 1. The maximum atomic E-state index is 13.4. The van der Waals surface area contributed by atoms with Gasteiger partial charge >= 0.3 is 0 Å². The summed E-state index contributed by atoms with van der Waals surface area (Å²) in [5, 5.41) is 12.6. The van der Waals surface area contributed by atoms with E-state index in [1.165, 1.54) is 0 Å². The molecule has 0 saturated heterocycles. The lowest BCUT2D eigenvalue weighted by atomic mass is 9.80. The molecule has 2 aliphatic carbocycles. The number of carbonyl (C=O) groups is 2. The van der Waals surface area contributed by atoms with E-state index in [2.05, 4.69) is 46.1 Å². The Labute approximate surface area is 192 Å². The molecule has 0 aromatic carbocycles. The van der Waals surface area contributed by atoms with E-state index in [1.807, 2.05) is 26.8 Å². The zero-order chi connectivity index (χ0) is 23.1. The van der Waals surface area contributed by atoms with E-state index in [0.717, 1.165) is 10.9 Å². The van der Waals surface area contributed by atoms with Crippen molar-refractivity contribution in [3.05, 3.63) is 40.1 Å². The summed E-state index contributed by atoms with van der Waals surface area (Å²) in [6.45, 7) is 10.2. The van der Waals surface area contributed by atoms with Crippen LogP contribution in [0.15, 0.2) is 34.6 Å². The van der Waals surface area contributed by atoms with Crippen molar-refractivity contribution in [1.82, 2.24) is 10.3 Å². The van der Waals surface area contributed by atoms with E-state index in [4.69, 9.17) is 5.73 Å². The fraction of sp³-hybridized carbons (Fsp3) is 0.583. The third kappa shape index (κ3) is 4.75. The standard InChI is InChI=1S/C24H31BrN4O2/c1-23(2,3)21(27)20(30)13-6-7-17-19(24(17,4)5)16(9-13)22(31)29-18(10-26)14-8-15(25)12-28-11-14/h6,8,11-12,16-19,21H,7,9,27H2,1-5H3,(H,29,31)/t16-,17-,18?,19+,21+/m0/s1. The maximum absolute atomic E-state index is 13.4.